The number of hydrazone groups is 1. The number of anilines is 5. The number of benzene rings is 3. The molecule has 0 aliphatic rings. The van der Waals surface area contributed by atoms with Crippen LogP contribution < -0.4 is 16.1 Å². The van der Waals surface area contributed by atoms with E-state index in [1.165, 1.54) is 12.1 Å². The molecule has 0 bridgehead atoms. The first-order chi connectivity index (χ1) is 15.7. The molecule has 0 amide bonds. The molecule has 0 spiro atoms. The number of nitrogens with zero attached hydrogens (tertiary/aromatic N) is 4. The van der Waals surface area contributed by atoms with Gasteiger partial charge in [0.2, 0.25) is 17.8 Å². The Kier molecular flexibility index (Phi) is 6.28. The molecule has 3 aromatic carbocycles. The number of carboxylic acid groups (broad SMARTS) is 1. The van der Waals surface area contributed by atoms with Crippen molar-refractivity contribution in [3.63, 3.8) is 0 Å². The first kappa shape index (κ1) is 20.5. The number of para-hydroxylation sites is 2. The SMILES string of the molecule is O=C(O)c1ccc(/C=N\Nc2nc(Nc3ccccc3)nc(Nc3ccccc3)n2)cc1. The lowest BCUT2D eigenvalue weighted by atomic mass is 10.1. The molecular weight excluding hydrogens is 406 g/mol. The van der Waals surface area contributed by atoms with Gasteiger partial charge >= 0.3 is 5.97 Å². The molecule has 9 nitrogen and oxygen atoms in total. The highest BCUT2D eigenvalue weighted by atomic mass is 16.4. The van der Waals surface area contributed by atoms with Gasteiger partial charge in [-0.05, 0) is 42.0 Å². The van der Waals surface area contributed by atoms with Crippen LogP contribution in [0.1, 0.15) is 15.9 Å². The minimum Gasteiger partial charge on any atom is -0.478 e. The third kappa shape index (κ3) is 5.63. The quantitative estimate of drug-likeness (QED) is 0.240. The molecule has 4 aromatic rings. The van der Waals surface area contributed by atoms with Crippen molar-refractivity contribution < 1.29 is 9.90 Å². The molecule has 32 heavy (non-hydrogen) atoms. The Labute approximate surface area is 183 Å². The van der Waals surface area contributed by atoms with E-state index in [4.69, 9.17) is 5.11 Å². The molecule has 0 saturated heterocycles. The van der Waals surface area contributed by atoms with Crippen LogP contribution in [0.5, 0.6) is 0 Å². The van der Waals surface area contributed by atoms with E-state index in [-0.39, 0.29) is 11.5 Å². The topological polar surface area (TPSA) is 124 Å². The normalized spacial score (nSPS) is 10.6. The highest BCUT2D eigenvalue weighted by Crippen LogP contribution is 2.18. The maximum Gasteiger partial charge on any atom is 0.335 e. The average molecular weight is 425 g/mol. The number of carbonyl (C=O) groups is 1. The van der Waals surface area contributed by atoms with Crippen LogP contribution in [-0.4, -0.2) is 32.2 Å². The summed E-state index contributed by atoms with van der Waals surface area (Å²) in [6.07, 6.45) is 1.55. The van der Waals surface area contributed by atoms with Gasteiger partial charge in [-0.25, -0.2) is 10.2 Å². The van der Waals surface area contributed by atoms with E-state index >= 15 is 0 Å². The molecule has 0 aliphatic heterocycles. The molecule has 0 fully saturated rings. The number of aromatic carboxylic acids is 1. The summed E-state index contributed by atoms with van der Waals surface area (Å²) in [5.41, 5.74) is 5.39. The predicted molar refractivity (Wildman–Crippen MR) is 124 cm³/mol. The number of hydrogen-bond acceptors (Lipinski definition) is 8. The van der Waals surface area contributed by atoms with Crippen molar-refractivity contribution >= 4 is 41.4 Å². The van der Waals surface area contributed by atoms with Crippen molar-refractivity contribution in [3.8, 4) is 0 Å². The lowest BCUT2D eigenvalue weighted by Gasteiger charge is -2.10. The third-order valence-electron chi connectivity index (χ3n) is 4.23. The minimum absolute atomic E-state index is 0.209. The Morgan fingerprint density at radius 2 is 1.22 bits per heavy atom. The molecule has 0 radical (unpaired) electrons. The van der Waals surface area contributed by atoms with Gasteiger partial charge in [-0.1, -0.05) is 48.5 Å². The summed E-state index contributed by atoms with van der Waals surface area (Å²) < 4.78 is 0. The standard InChI is InChI=1S/C23H19N7O2/c31-20(32)17-13-11-16(12-14-17)15-24-30-23-28-21(25-18-7-3-1-4-8-18)27-22(29-23)26-19-9-5-2-6-10-19/h1-15H,(H,31,32)(H3,25,26,27,28,29,30)/b24-15-. The van der Waals surface area contributed by atoms with Crippen LogP contribution in [0.3, 0.4) is 0 Å². The van der Waals surface area contributed by atoms with E-state index in [2.05, 4.69) is 36.1 Å². The summed E-state index contributed by atoms with van der Waals surface area (Å²) in [5, 5.41) is 19.4. The zero-order valence-electron chi connectivity index (χ0n) is 16.8. The molecular formula is C23H19N7O2. The largest absolute Gasteiger partial charge is 0.478 e. The number of nitrogens with one attached hydrogen (secondary N) is 3. The van der Waals surface area contributed by atoms with Gasteiger partial charge < -0.3 is 15.7 Å². The fraction of sp³-hybridized carbons (Fsp3) is 0. The van der Waals surface area contributed by atoms with Crippen LogP contribution in [0.15, 0.2) is 90.0 Å². The lowest BCUT2D eigenvalue weighted by Crippen LogP contribution is -2.07. The Hall–Kier alpha value is -4.79. The Balaban J connectivity index is 1.54. The third-order valence-corrected chi connectivity index (χ3v) is 4.23. The molecule has 9 heteroatoms. The van der Waals surface area contributed by atoms with E-state index in [0.29, 0.717) is 11.9 Å². The van der Waals surface area contributed by atoms with Crippen LogP contribution >= 0.6 is 0 Å². The Bertz CT molecular complexity index is 1150. The van der Waals surface area contributed by atoms with Gasteiger partial charge in [0.1, 0.15) is 0 Å². The van der Waals surface area contributed by atoms with Crippen molar-refractivity contribution in [1.29, 1.82) is 0 Å². The first-order valence-corrected chi connectivity index (χ1v) is 9.68. The van der Waals surface area contributed by atoms with Crippen LogP contribution in [0.4, 0.5) is 29.2 Å². The van der Waals surface area contributed by atoms with E-state index in [1.54, 1.807) is 18.3 Å². The van der Waals surface area contributed by atoms with Crippen molar-refractivity contribution in [3.05, 3.63) is 96.1 Å². The van der Waals surface area contributed by atoms with E-state index in [0.717, 1.165) is 16.9 Å². The fourth-order valence-corrected chi connectivity index (χ4v) is 2.72. The molecule has 4 N–H and O–H groups in total. The van der Waals surface area contributed by atoms with Gasteiger partial charge in [0, 0.05) is 11.4 Å². The van der Waals surface area contributed by atoms with Gasteiger partial charge in [0.05, 0.1) is 11.8 Å². The first-order valence-electron chi connectivity index (χ1n) is 9.68. The summed E-state index contributed by atoms with van der Waals surface area (Å²) in [6, 6.07) is 25.4. The molecule has 0 saturated carbocycles. The number of aromatic nitrogens is 3. The lowest BCUT2D eigenvalue weighted by molar-refractivity contribution is 0.0697. The molecule has 0 aliphatic carbocycles. The molecule has 1 aromatic heterocycles. The summed E-state index contributed by atoms with van der Waals surface area (Å²) in [4.78, 5) is 24.1. The molecule has 1 heterocycles. The van der Waals surface area contributed by atoms with Gasteiger partial charge in [-0.3, -0.25) is 0 Å². The van der Waals surface area contributed by atoms with Crippen molar-refractivity contribution in [2.45, 2.75) is 0 Å². The van der Waals surface area contributed by atoms with Gasteiger partial charge in [-0.2, -0.15) is 20.1 Å². The summed E-state index contributed by atoms with van der Waals surface area (Å²) in [6.45, 7) is 0. The average Bonchev–Trinajstić information content (AvgIpc) is 2.81. The Morgan fingerprint density at radius 3 is 1.72 bits per heavy atom. The monoisotopic (exact) mass is 425 g/mol. The Morgan fingerprint density at radius 1 is 0.719 bits per heavy atom. The second kappa shape index (κ2) is 9.81. The van der Waals surface area contributed by atoms with Crippen LogP contribution in [0.2, 0.25) is 0 Å². The maximum atomic E-state index is 11.0. The van der Waals surface area contributed by atoms with E-state index < -0.39 is 5.97 Å². The highest BCUT2D eigenvalue weighted by molar-refractivity contribution is 5.89. The van der Waals surface area contributed by atoms with Crippen LogP contribution in [0, 0.1) is 0 Å². The van der Waals surface area contributed by atoms with E-state index in [9.17, 15) is 4.79 Å². The summed E-state index contributed by atoms with van der Waals surface area (Å²) >= 11 is 0. The van der Waals surface area contributed by atoms with Crippen molar-refractivity contribution in [2.24, 2.45) is 5.10 Å². The second-order valence-corrected chi connectivity index (χ2v) is 6.59. The zero-order chi connectivity index (χ0) is 22.2. The van der Waals surface area contributed by atoms with Gasteiger partial charge in [-0.15, -0.1) is 0 Å². The van der Waals surface area contributed by atoms with Crippen molar-refractivity contribution in [2.75, 3.05) is 16.1 Å². The molecule has 158 valence electrons. The molecule has 4 rings (SSSR count). The van der Waals surface area contributed by atoms with Gasteiger partial charge in [0.15, 0.2) is 0 Å². The van der Waals surface area contributed by atoms with Crippen molar-refractivity contribution in [1.82, 2.24) is 15.0 Å². The summed E-state index contributed by atoms with van der Waals surface area (Å²) in [7, 11) is 0. The number of hydrogen-bond donors (Lipinski definition) is 4. The minimum atomic E-state index is -0.978. The zero-order valence-corrected chi connectivity index (χ0v) is 16.8. The smallest absolute Gasteiger partial charge is 0.335 e. The van der Waals surface area contributed by atoms with Gasteiger partial charge in [0.25, 0.3) is 0 Å². The number of carboxylic acids is 1. The molecule has 0 unspecified atom stereocenters. The van der Waals surface area contributed by atoms with Crippen LogP contribution in [0.25, 0.3) is 0 Å². The maximum absolute atomic E-state index is 11.0. The summed E-state index contributed by atoms with van der Waals surface area (Å²) in [5.74, 6) is -0.0646. The highest BCUT2D eigenvalue weighted by Gasteiger charge is 2.07. The predicted octanol–water partition coefficient (Wildman–Crippen LogP) is 4.50. The second-order valence-electron chi connectivity index (χ2n) is 6.59. The molecule has 0 atom stereocenters. The fourth-order valence-electron chi connectivity index (χ4n) is 2.72. The number of rotatable bonds is 8. The van der Waals surface area contributed by atoms with E-state index in [1.807, 2.05) is 60.7 Å². The van der Waals surface area contributed by atoms with Crippen LogP contribution in [-0.2, 0) is 0 Å².